The average Bonchev–Trinajstić information content (AvgIpc) is 3.58. The second-order valence-electron chi connectivity index (χ2n) is 15.5. The summed E-state index contributed by atoms with van der Waals surface area (Å²) in [7, 11) is 0. The molecule has 0 spiro atoms. The monoisotopic (exact) mass is 779 g/mol. The molecule has 0 radical (unpaired) electrons. The van der Waals surface area contributed by atoms with E-state index in [1.54, 1.807) is 12.1 Å². The number of hydrogen-bond donors (Lipinski definition) is 0. The lowest BCUT2D eigenvalue weighted by atomic mass is 9.78. The summed E-state index contributed by atoms with van der Waals surface area (Å²) >= 11 is 0. The van der Waals surface area contributed by atoms with Crippen molar-refractivity contribution in [3.8, 4) is 0 Å². The summed E-state index contributed by atoms with van der Waals surface area (Å²) in [5.41, 5.74) is 14.4. The number of hydrogen-bond acceptors (Lipinski definition) is 4. The van der Waals surface area contributed by atoms with E-state index in [2.05, 4.69) is 118 Å². The molecule has 0 atom stereocenters. The highest BCUT2D eigenvalue weighted by molar-refractivity contribution is 6.61. The number of aryl methyl sites for hydroxylation is 3. The van der Waals surface area contributed by atoms with E-state index in [1.807, 2.05) is 72.8 Å². The molecule has 9 rings (SSSR count). The molecule has 8 aromatic carbocycles. The number of non-ortho nitro benzene ring substituents is 1. The third-order valence-corrected chi connectivity index (χ3v) is 11.8. The lowest BCUT2D eigenvalue weighted by Crippen LogP contribution is -2.14. The molecule has 1 aliphatic rings. The highest BCUT2D eigenvalue weighted by Gasteiger charge is 2.33. The number of benzene rings is 8. The molecule has 292 valence electrons. The van der Waals surface area contributed by atoms with Crippen LogP contribution in [0.15, 0.2) is 192 Å². The van der Waals surface area contributed by atoms with Crippen LogP contribution in [-0.2, 0) is 12.8 Å². The minimum atomic E-state index is -0.381. The molecule has 0 aromatic heterocycles. The van der Waals surface area contributed by atoms with E-state index in [4.69, 9.17) is 9.98 Å². The Hall–Kier alpha value is -7.24. The van der Waals surface area contributed by atoms with E-state index in [1.165, 1.54) is 16.7 Å². The van der Waals surface area contributed by atoms with Crippen LogP contribution in [0.2, 0.25) is 0 Å². The van der Waals surface area contributed by atoms with Crippen molar-refractivity contribution in [1.29, 1.82) is 0 Å². The zero-order chi connectivity index (χ0) is 41.2. The highest BCUT2D eigenvalue weighted by Crippen LogP contribution is 2.48. The SMILES string of the molecule is CCc1cc(C)cc(CC)c1N=C1C(=Nc2c(C(c3ccccc3)c3ccccc3)cc([N+](=O)[O-])cc2C(c2ccccc2)c2ccccc2)c2cccc3cccc1c23. The van der Waals surface area contributed by atoms with Crippen molar-refractivity contribution >= 4 is 39.3 Å². The Morgan fingerprint density at radius 1 is 0.500 bits per heavy atom. The summed E-state index contributed by atoms with van der Waals surface area (Å²) < 4.78 is 0. The first-order valence-electron chi connectivity index (χ1n) is 20.8. The maximum atomic E-state index is 13.2. The van der Waals surface area contributed by atoms with Gasteiger partial charge in [0.1, 0.15) is 0 Å². The lowest BCUT2D eigenvalue weighted by molar-refractivity contribution is -0.385. The molecule has 0 heterocycles. The van der Waals surface area contributed by atoms with Crippen LogP contribution in [0, 0.1) is 17.0 Å². The van der Waals surface area contributed by atoms with Gasteiger partial charge in [-0.1, -0.05) is 189 Å². The Labute approximate surface area is 351 Å². The van der Waals surface area contributed by atoms with E-state index in [9.17, 15) is 10.1 Å². The van der Waals surface area contributed by atoms with Gasteiger partial charge in [-0.05, 0) is 69.7 Å². The van der Waals surface area contributed by atoms with Crippen molar-refractivity contribution in [3.63, 3.8) is 0 Å². The Bertz CT molecular complexity index is 2710. The number of nitro groups is 1. The molecule has 0 saturated carbocycles. The summed E-state index contributed by atoms with van der Waals surface area (Å²) in [6.07, 6.45) is 1.68. The molecule has 1 aliphatic carbocycles. The maximum absolute atomic E-state index is 13.2. The summed E-state index contributed by atoms with van der Waals surface area (Å²) in [6.45, 7) is 6.53. The quantitative estimate of drug-likeness (QED) is 0.0745. The Kier molecular flexibility index (Phi) is 10.6. The van der Waals surface area contributed by atoms with Crippen LogP contribution in [-0.4, -0.2) is 16.3 Å². The van der Waals surface area contributed by atoms with Gasteiger partial charge in [0.2, 0.25) is 0 Å². The Balaban J connectivity index is 1.45. The minimum absolute atomic E-state index is 0.0169. The average molecular weight is 780 g/mol. The van der Waals surface area contributed by atoms with Crippen molar-refractivity contribution in [2.24, 2.45) is 9.98 Å². The molecule has 0 fully saturated rings. The summed E-state index contributed by atoms with van der Waals surface area (Å²) in [4.78, 5) is 24.5. The smallest absolute Gasteiger partial charge is 0.258 e. The molecule has 0 aliphatic heterocycles. The van der Waals surface area contributed by atoms with Crippen LogP contribution in [0.25, 0.3) is 10.8 Å². The fourth-order valence-corrected chi connectivity index (χ4v) is 9.08. The van der Waals surface area contributed by atoms with Crippen molar-refractivity contribution in [2.75, 3.05) is 0 Å². The van der Waals surface area contributed by atoms with Gasteiger partial charge < -0.3 is 0 Å². The first-order valence-corrected chi connectivity index (χ1v) is 20.8. The van der Waals surface area contributed by atoms with Gasteiger partial charge in [-0.25, -0.2) is 9.98 Å². The zero-order valence-corrected chi connectivity index (χ0v) is 34.0. The van der Waals surface area contributed by atoms with Gasteiger partial charge in [0, 0.05) is 40.5 Å². The Morgan fingerprint density at radius 2 is 0.883 bits per heavy atom. The van der Waals surface area contributed by atoms with Crippen molar-refractivity contribution in [1.82, 2.24) is 0 Å². The minimum Gasteiger partial charge on any atom is -0.258 e. The van der Waals surface area contributed by atoms with Gasteiger partial charge in [-0.15, -0.1) is 0 Å². The standard InChI is InChI=1S/C55H45N3O2/c1-4-37-32-36(3)33-38(5-2)52(37)56-54-45-30-18-28-43-29-19-31-46(51(43)45)55(54)57-53-47(49(39-20-10-6-11-21-39)40-22-12-7-13-23-40)34-44(58(59)60)35-48(53)50(41-24-14-8-15-25-41)42-26-16-9-17-27-42/h6-35,49-50H,4-5H2,1-3H3. The topological polar surface area (TPSA) is 67.9 Å². The fourth-order valence-electron chi connectivity index (χ4n) is 9.08. The van der Waals surface area contributed by atoms with E-state index >= 15 is 0 Å². The second kappa shape index (κ2) is 16.6. The predicted molar refractivity (Wildman–Crippen MR) is 247 cm³/mol. The summed E-state index contributed by atoms with van der Waals surface area (Å²) in [5.74, 6) is -0.763. The van der Waals surface area contributed by atoms with Gasteiger partial charge >= 0.3 is 0 Å². The first-order chi connectivity index (χ1) is 29.4. The second-order valence-corrected chi connectivity index (χ2v) is 15.5. The maximum Gasteiger partial charge on any atom is 0.270 e. The molecule has 0 saturated heterocycles. The molecule has 0 unspecified atom stereocenters. The van der Waals surface area contributed by atoms with Crippen LogP contribution in [0.4, 0.5) is 17.1 Å². The fraction of sp³-hybridized carbons (Fsp3) is 0.127. The van der Waals surface area contributed by atoms with E-state index in [0.29, 0.717) is 5.69 Å². The molecule has 5 heteroatoms. The summed E-state index contributed by atoms with van der Waals surface area (Å²) in [6, 6.07) is 61.9. The molecular weight excluding hydrogens is 735 g/mol. The van der Waals surface area contributed by atoms with E-state index < -0.39 is 0 Å². The lowest BCUT2D eigenvalue weighted by Gasteiger charge is -2.26. The van der Waals surface area contributed by atoms with Crippen LogP contribution in [0.5, 0.6) is 0 Å². The number of rotatable bonds is 11. The molecule has 0 bridgehead atoms. The molecule has 0 amide bonds. The predicted octanol–water partition coefficient (Wildman–Crippen LogP) is 13.8. The first kappa shape index (κ1) is 38.3. The van der Waals surface area contributed by atoms with Gasteiger partial charge in [0.25, 0.3) is 5.69 Å². The number of aliphatic imine (C=N–C) groups is 2. The van der Waals surface area contributed by atoms with Crippen molar-refractivity contribution < 1.29 is 4.92 Å². The van der Waals surface area contributed by atoms with Gasteiger partial charge in [-0.2, -0.15) is 0 Å². The number of nitrogens with zero attached hydrogens (tertiary/aromatic N) is 3. The van der Waals surface area contributed by atoms with E-state index in [0.717, 1.165) is 85.2 Å². The molecule has 0 N–H and O–H groups in total. The third-order valence-electron chi connectivity index (χ3n) is 11.8. The van der Waals surface area contributed by atoms with Crippen LogP contribution < -0.4 is 0 Å². The van der Waals surface area contributed by atoms with Gasteiger partial charge in [0.15, 0.2) is 0 Å². The van der Waals surface area contributed by atoms with Crippen LogP contribution in [0.3, 0.4) is 0 Å². The van der Waals surface area contributed by atoms with Crippen LogP contribution in [0.1, 0.15) is 86.9 Å². The third kappa shape index (κ3) is 7.13. The van der Waals surface area contributed by atoms with Crippen molar-refractivity contribution in [2.45, 2.75) is 45.4 Å². The van der Waals surface area contributed by atoms with E-state index in [-0.39, 0.29) is 22.4 Å². The highest BCUT2D eigenvalue weighted by atomic mass is 16.6. The Morgan fingerprint density at radius 3 is 1.25 bits per heavy atom. The molecule has 60 heavy (non-hydrogen) atoms. The largest absolute Gasteiger partial charge is 0.270 e. The van der Waals surface area contributed by atoms with Gasteiger partial charge in [-0.3, -0.25) is 10.1 Å². The number of nitro benzene ring substituents is 1. The molecular formula is C55H45N3O2. The van der Waals surface area contributed by atoms with Crippen LogP contribution >= 0.6 is 0 Å². The molecule has 8 aromatic rings. The van der Waals surface area contributed by atoms with Gasteiger partial charge in [0.05, 0.1) is 27.7 Å². The normalized spacial score (nSPS) is 13.6. The van der Waals surface area contributed by atoms with Crippen molar-refractivity contribution in [3.05, 3.63) is 253 Å². The zero-order valence-electron chi connectivity index (χ0n) is 34.0. The summed E-state index contributed by atoms with van der Waals surface area (Å²) in [5, 5.41) is 15.4. The molecule has 5 nitrogen and oxygen atoms in total.